The van der Waals surface area contributed by atoms with E-state index in [-0.39, 0.29) is 29.2 Å². The summed E-state index contributed by atoms with van der Waals surface area (Å²) in [7, 11) is 0. The van der Waals surface area contributed by atoms with Crippen LogP contribution in [0.3, 0.4) is 0 Å². The quantitative estimate of drug-likeness (QED) is 0.530. The molecule has 3 aromatic rings. The zero-order chi connectivity index (χ0) is 25.4. The standard InChI is InChI=1S/C26H36N6O4/c1-16(2)23(24-28-29-30-32(24)26(3,4)5)31(15-19-7-6-8-34-19)14-18-11-17-12-21-22(36-10-9-35-21)13-20(17)27-25(18)33/h11-13,16,19,23H,6-10,14-15H2,1-5H3,(H,27,33). The lowest BCUT2D eigenvalue weighted by Gasteiger charge is -2.36. The first kappa shape index (κ1) is 24.7. The number of rotatable bonds is 7. The molecule has 0 bridgehead atoms. The summed E-state index contributed by atoms with van der Waals surface area (Å²) in [5, 5.41) is 13.7. The molecule has 0 saturated carbocycles. The third-order valence-electron chi connectivity index (χ3n) is 6.84. The molecule has 1 N–H and O–H groups in total. The minimum absolute atomic E-state index is 0.0983. The van der Waals surface area contributed by atoms with Gasteiger partial charge in [-0.1, -0.05) is 13.8 Å². The Hall–Kier alpha value is -2.98. The lowest BCUT2D eigenvalue weighted by Crippen LogP contribution is -2.41. The number of benzene rings is 1. The van der Waals surface area contributed by atoms with Gasteiger partial charge in [0.15, 0.2) is 17.3 Å². The molecule has 2 unspecified atom stereocenters. The number of hydrogen-bond acceptors (Lipinski definition) is 8. The fourth-order valence-corrected chi connectivity index (χ4v) is 5.19. The molecule has 10 heteroatoms. The number of tetrazole rings is 1. The smallest absolute Gasteiger partial charge is 0.252 e. The number of aromatic amines is 1. The zero-order valence-corrected chi connectivity index (χ0v) is 21.8. The van der Waals surface area contributed by atoms with Gasteiger partial charge in [0.1, 0.15) is 13.2 Å². The number of aromatic nitrogens is 5. The Morgan fingerprint density at radius 1 is 1.14 bits per heavy atom. The number of fused-ring (bicyclic) bond motifs is 2. The van der Waals surface area contributed by atoms with Gasteiger partial charge in [0.2, 0.25) is 0 Å². The minimum atomic E-state index is -0.275. The fourth-order valence-electron chi connectivity index (χ4n) is 5.19. The van der Waals surface area contributed by atoms with E-state index in [1.54, 1.807) is 0 Å². The SMILES string of the molecule is CC(C)C(c1nnnn1C(C)(C)C)N(Cc1cc2cc3c(cc2[nH]c1=O)OCCO3)CC1CCCO1. The molecule has 10 nitrogen and oxygen atoms in total. The van der Waals surface area contributed by atoms with E-state index in [1.807, 2.05) is 22.9 Å². The first-order chi connectivity index (χ1) is 17.2. The Bertz CT molecular complexity index is 1270. The minimum Gasteiger partial charge on any atom is -0.486 e. The second-order valence-corrected chi connectivity index (χ2v) is 11.1. The van der Waals surface area contributed by atoms with Gasteiger partial charge in [-0.2, -0.15) is 0 Å². The average molecular weight is 497 g/mol. The number of pyridine rings is 1. The van der Waals surface area contributed by atoms with Crippen molar-refractivity contribution in [2.75, 3.05) is 26.4 Å². The predicted octanol–water partition coefficient (Wildman–Crippen LogP) is 3.42. The van der Waals surface area contributed by atoms with Crippen LogP contribution < -0.4 is 15.0 Å². The molecular formula is C26H36N6O4. The molecule has 1 aromatic carbocycles. The molecule has 36 heavy (non-hydrogen) atoms. The maximum absolute atomic E-state index is 13.2. The van der Waals surface area contributed by atoms with E-state index in [9.17, 15) is 4.79 Å². The molecule has 2 atom stereocenters. The van der Waals surface area contributed by atoms with E-state index in [4.69, 9.17) is 14.2 Å². The Kier molecular flexibility index (Phi) is 6.74. The van der Waals surface area contributed by atoms with Crippen LogP contribution in [0.1, 0.15) is 64.9 Å². The van der Waals surface area contributed by atoms with E-state index in [0.717, 1.165) is 36.2 Å². The topological polar surface area (TPSA) is 107 Å². The van der Waals surface area contributed by atoms with Crippen molar-refractivity contribution in [3.63, 3.8) is 0 Å². The fraction of sp³-hybridized carbons (Fsp3) is 0.615. The van der Waals surface area contributed by atoms with Gasteiger partial charge >= 0.3 is 0 Å². The molecule has 4 heterocycles. The van der Waals surface area contributed by atoms with E-state index in [2.05, 4.69) is 60.0 Å². The van der Waals surface area contributed by atoms with Crippen LogP contribution in [0, 0.1) is 5.92 Å². The second kappa shape index (κ2) is 9.82. The van der Waals surface area contributed by atoms with Crippen LogP contribution in [0.2, 0.25) is 0 Å². The third-order valence-corrected chi connectivity index (χ3v) is 6.84. The third kappa shape index (κ3) is 4.97. The van der Waals surface area contributed by atoms with Gasteiger partial charge in [0.25, 0.3) is 5.56 Å². The van der Waals surface area contributed by atoms with Crippen molar-refractivity contribution in [3.05, 3.63) is 39.9 Å². The van der Waals surface area contributed by atoms with Gasteiger partial charge < -0.3 is 19.2 Å². The van der Waals surface area contributed by atoms with Crippen LogP contribution in [0.5, 0.6) is 11.5 Å². The molecule has 1 fully saturated rings. The van der Waals surface area contributed by atoms with Crippen LogP contribution in [-0.2, 0) is 16.8 Å². The summed E-state index contributed by atoms with van der Waals surface area (Å²) in [6, 6.07) is 5.64. The number of nitrogens with one attached hydrogen (secondary N) is 1. The molecule has 0 radical (unpaired) electrons. The summed E-state index contributed by atoms with van der Waals surface area (Å²) in [6.07, 6.45) is 2.17. The van der Waals surface area contributed by atoms with Crippen molar-refractivity contribution in [3.8, 4) is 11.5 Å². The van der Waals surface area contributed by atoms with Crippen LogP contribution in [0.15, 0.2) is 23.0 Å². The first-order valence-electron chi connectivity index (χ1n) is 12.8. The molecule has 2 aromatic heterocycles. The van der Waals surface area contributed by atoms with Gasteiger partial charge in [0.05, 0.1) is 23.2 Å². The summed E-state index contributed by atoms with van der Waals surface area (Å²) >= 11 is 0. The average Bonchev–Trinajstić information content (AvgIpc) is 3.50. The second-order valence-electron chi connectivity index (χ2n) is 11.1. The van der Waals surface area contributed by atoms with Crippen molar-refractivity contribution in [1.82, 2.24) is 30.1 Å². The van der Waals surface area contributed by atoms with Gasteiger partial charge in [0, 0.05) is 36.7 Å². The van der Waals surface area contributed by atoms with Gasteiger partial charge in [-0.3, -0.25) is 9.69 Å². The number of hydrogen-bond donors (Lipinski definition) is 1. The Morgan fingerprint density at radius 3 is 2.56 bits per heavy atom. The van der Waals surface area contributed by atoms with Crippen molar-refractivity contribution in [1.29, 1.82) is 0 Å². The molecular weight excluding hydrogens is 460 g/mol. The highest BCUT2D eigenvalue weighted by Gasteiger charge is 2.34. The van der Waals surface area contributed by atoms with Gasteiger partial charge in [-0.05, 0) is 62.1 Å². The van der Waals surface area contributed by atoms with Crippen LogP contribution in [-0.4, -0.2) is 62.6 Å². The lowest BCUT2D eigenvalue weighted by atomic mass is 9.98. The Morgan fingerprint density at radius 2 is 1.89 bits per heavy atom. The Balaban J connectivity index is 1.54. The number of ether oxygens (including phenoxy) is 3. The largest absolute Gasteiger partial charge is 0.486 e. The summed E-state index contributed by atoms with van der Waals surface area (Å²) in [5.74, 6) is 2.36. The summed E-state index contributed by atoms with van der Waals surface area (Å²) in [4.78, 5) is 18.6. The maximum atomic E-state index is 13.2. The number of H-pyrrole nitrogens is 1. The summed E-state index contributed by atoms with van der Waals surface area (Å²) < 4.78 is 19.4. The first-order valence-corrected chi connectivity index (χ1v) is 12.8. The predicted molar refractivity (Wildman–Crippen MR) is 135 cm³/mol. The van der Waals surface area contributed by atoms with Crippen molar-refractivity contribution < 1.29 is 14.2 Å². The monoisotopic (exact) mass is 496 g/mol. The van der Waals surface area contributed by atoms with Crippen molar-refractivity contribution in [2.45, 2.75) is 71.7 Å². The summed E-state index contributed by atoms with van der Waals surface area (Å²) in [5.41, 5.74) is 1.02. The van der Waals surface area contributed by atoms with E-state index < -0.39 is 0 Å². The molecule has 194 valence electrons. The molecule has 5 rings (SSSR count). The van der Waals surface area contributed by atoms with Crippen LogP contribution in [0.25, 0.3) is 10.9 Å². The molecule has 0 aliphatic carbocycles. The van der Waals surface area contributed by atoms with E-state index >= 15 is 0 Å². The highest BCUT2D eigenvalue weighted by molar-refractivity contribution is 5.83. The highest BCUT2D eigenvalue weighted by atomic mass is 16.6. The van der Waals surface area contributed by atoms with Crippen LogP contribution >= 0.6 is 0 Å². The maximum Gasteiger partial charge on any atom is 0.252 e. The molecule has 2 aliphatic rings. The van der Waals surface area contributed by atoms with Crippen molar-refractivity contribution >= 4 is 10.9 Å². The van der Waals surface area contributed by atoms with Crippen molar-refractivity contribution in [2.24, 2.45) is 5.92 Å². The Labute approximate surface area is 210 Å². The zero-order valence-electron chi connectivity index (χ0n) is 21.8. The van der Waals surface area contributed by atoms with Crippen LogP contribution in [0.4, 0.5) is 0 Å². The molecule has 2 aliphatic heterocycles. The highest BCUT2D eigenvalue weighted by Crippen LogP contribution is 2.35. The lowest BCUT2D eigenvalue weighted by molar-refractivity contribution is 0.0371. The molecule has 0 amide bonds. The summed E-state index contributed by atoms with van der Waals surface area (Å²) in [6.45, 7) is 13.5. The molecule has 1 saturated heterocycles. The van der Waals surface area contributed by atoms with E-state index in [1.165, 1.54) is 0 Å². The normalized spacial score (nSPS) is 18.9. The molecule has 0 spiro atoms. The van der Waals surface area contributed by atoms with Gasteiger partial charge in [-0.25, -0.2) is 4.68 Å². The number of nitrogens with zero attached hydrogens (tertiary/aromatic N) is 5. The van der Waals surface area contributed by atoms with Gasteiger partial charge in [-0.15, -0.1) is 5.10 Å². The van der Waals surface area contributed by atoms with E-state index in [0.29, 0.717) is 43.4 Å².